The second kappa shape index (κ2) is 6.78. The van der Waals surface area contributed by atoms with Gasteiger partial charge in [0.15, 0.2) is 0 Å². The Labute approximate surface area is 179 Å². The van der Waals surface area contributed by atoms with Crippen LogP contribution in [0.5, 0.6) is 0 Å². The average molecular weight is 414 g/mol. The van der Waals surface area contributed by atoms with Gasteiger partial charge in [0.05, 0.1) is 18.6 Å². The van der Waals surface area contributed by atoms with Crippen molar-refractivity contribution in [1.82, 2.24) is 5.32 Å². The minimum absolute atomic E-state index is 0.266. The first-order valence-electron chi connectivity index (χ1n) is 11.3. The summed E-state index contributed by atoms with van der Waals surface area (Å²) in [5.74, 6) is 0. The van der Waals surface area contributed by atoms with Crippen molar-refractivity contribution in [3.63, 3.8) is 0 Å². The van der Waals surface area contributed by atoms with Crippen molar-refractivity contribution in [2.45, 2.75) is 71.1 Å². The van der Waals surface area contributed by atoms with E-state index < -0.39 is 5.60 Å². The van der Waals surface area contributed by atoms with Crippen molar-refractivity contribution in [3.8, 4) is 0 Å². The largest absolute Gasteiger partial charge is 0.444 e. The molecule has 2 spiro atoms. The third-order valence-electron chi connectivity index (χ3n) is 7.24. The van der Waals surface area contributed by atoms with Crippen LogP contribution in [0.4, 0.5) is 16.2 Å². The van der Waals surface area contributed by atoms with Gasteiger partial charge in [-0.2, -0.15) is 0 Å². The van der Waals surface area contributed by atoms with Crippen LogP contribution in [-0.2, 0) is 9.47 Å². The zero-order valence-electron chi connectivity index (χ0n) is 18.7. The molecule has 0 bridgehead atoms. The van der Waals surface area contributed by atoms with Gasteiger partial charge in [-0.1, -0.05) is 0 Å². The fourth-order valence-corrected chi connectivity index (χ4v) is 5.73. The van der Waals surface area contributed by atoms with Crippen molar-refractivity contribution < 1.29 is 14.3 Å². The molecule has 2 aliphatic carbocycles. The molecule has 5 rings (SSSR count). The van der Waals surface area contributed by atoms with Crippen molar-refractivity contribution >= 4 is 17.5 Å². The standard InChI is InChI=1S/C24H35N3O3/c1-16-7-19(27-12-24(13-27)14-29-15-24)5-6-20(16)25-17-8-23(9-17)10-18(11-23)26-21(28)30-22(2,3)4/h5-7,17-18,25H,8-15H2,1-4H3,(H,26,28). The van der Waals surface area contributed by atoms with Gasteiger partial charge in [-0.05, 0) is 82.6 Å². The molecule has 0 radical (unpaired) electrons. The maximum absolute atomic E-state index is 11.9. The zero-order valence-corrected chi connectivity index (χ0v) is 18.7. The number of carbonyl (C=O) groups is 1. The number of hydrogen-bond donors (Lipinski definition) is 2. The molecule has 6 heteroatoms. The van der Waals surface area contributed by atoms with Crippen LogP contribution in [0, 0.1) is 17.8 Å². The lowest BCUT2D eigenvalue weighted by Crippen LogP contribution is -2.66. The van der Waals surface area contributed by atoms with Crippen molar-refractivity contribution in [1.29, 1.82) is 0 Å². The highest BCUT2D eigenvalue weighted by atomic mass is 16.6. The van der Waals surface area contributed by atoms with Crippen LogP contribution in [-0.4, -0.2) is 50.1 Å². The SMILES string of the molecule is Cc1cc(N2CC3(COC3)C2)ccc1NC1CC2(CC(NC(=O)OC(C)(C)C)C2)C1. The monoisotopic (exact) mass is 413 g/mol. The molecule has 2 saturated carbocycles. The van der Waals surface area contributed by atoms with E-state index in [1.165, 1.54) is 29.8 Å². The lowest BCUT2D eigenvalue weighted by atomic mass is 9.52. The summed E-state index contributed by atoms with van der Waals surface area (Å²) in [6, 6.07) is 7.61. The van der Waals surface area contributed by atoms with Crippen LogP contribution in [0.15, 0.2) is 18.2 Å². The third kappa shape index (κ3) is 3.75. The van der Waals surface area contributed by atoms with E-state index in [2.05, 4.69) is 40.7 Å². The predicted octanol–water partition coefficient (Wildman–Crippen LogP) is 4.08. The number of nitrogens with one attached hydrogen (secondary N) is 2. The Hall–Kier alpha value is -1.95. The van der Waals surface area contributed by atoms with Crippen LogP contribution in [0.2, 0.25) is 0 Å². The smallest absolute Gasteiger partial charge is 0.407 e. The molecule has 4 fully saturated rings. The second-order valence-corrected chi connectivity index (χ2v) is 11.3. The van der Waals surface area contributed by atoms with Gasteiger partial charge in [0.1, 0.15) is 5.60 Å². The van der Waals surface area contributed by atoms with Crippen molar-refractivity contribution in [2.24, 2.45) is 10.8 Å². The van der Waals surface area contributed by atoms with Crippen LogP contribution in [0.1, 0.15) is 52.0 Å². The van der Waals surface area contributed by atoms with Gasteiger partial charge >= 0.3 is 6.09 Å². The predicted molar refractivity (Wildman–Crippen MR) is 118 cm³/mol. The highest BCUT2D eigenvalue weighted by molar-refractivity contribution is 5.68. The molecule has 1 amide bonds. The molecule has 6 nitrogen and oxygen atoms in total. The number of amides is 1. The van der Waals surface area contributed by atoms with Gasteiger partial charge in [0.25, 0.3) is 0 Å². The minimum Gasteiger partial charge on any atom is -0.444 e. The Balaban J connectivity index is 1.06. The average Bonchev–Trinajstić information content (AvgIpc) is 2.48. The molecule has 2 aliphatic heterocycles. The number of anilines is 2. The van der Waals surface area contributed by atoms with Crippen LogP contribution in [0.3, 0.4) is 0 Å². The van der Waals surface area contributed by atoms with Gasteiger partial charge in [-0.3, -0.25) is 0 Å². The lowest BCUT2D eigenvalue weighted by Gasteiger charge is -2.58. The molecule has 0 atom stereocenters. The summed E-state index contributed by atoms with van der Waals surface area (Å²) in [4.78, 5) is 14.4. The molecule has 2 heterocycles. The van der Waals surface area contributed by atoms with E-state index in [-0.39, 0.29) is 12.1 Å². The first-order valence-corrected chi connectivity index (χ1v) is 11.3. The first kappa shape index (κ1) is 20.0. The van der Waals surface area contributed by atoms with Crippen molar-refractivity contribution in [2.75, 3.05) is 36.5 Å². The van der Waals surface area contributed by atoms with E-state index >= 15 is 0 Å². The molecule has 1 aromatic rings. The van der Waals surface area contributed by atoms with E-state index in [4.69, 9.17) is 9.47 Å². The maximum Gasteiger partial charge on any atom is 0.407 e. The second-order valence-electron chi connectivity index (χ2n) is 11.3. The molecular weight excluding hydrogens is 378 g/mol. The zero-order chi connectivity index (χ0) is 21.1. The number of rotatable bonds is 4. The number of benzene rings is 1. The minimum atomic E-state index is -0.437. The number of nitrogens with zero attached hydrogens (tertiary/aromatic N) is 1. The molecule has 0 aromatic heterocycles. The number of alkyl carbamates (subject to hydrolysis) is 1. The molecule has 2 saturated heterocycles. The molecule has 2 N–H and O–H groups in total. The molecule has 30 heavy (non-hydrogen) atoms. The topological polar surface area (TPSA) is 62.8 Å². The van der Waals surface area contributed by atoms with E-state index in [0.717, 1.165) is 39.1 Å². The van der Waals surface area contributed by atoms with Gasteiger partial charge in [-0.15, -0.1) is 0 Å². The van der Waals surface area contributed by atoms with Crippen LogP contribution >= 0.6 is 0 Å². The molecule has 4 aliphatic rings. The number of aryl methyl sites for hydroxylation is 1. The fourth-order valence-electron chi connectivity index (χ4n) is 5.73. The van der Waals surface area contributed by atoms with Gasteiger partial charge in [0.2, 0.25) is 0 Å². The Kier molecular flexibility index (Phi) is 4.51. The summed E-state index contributed by atoms with van der Waals surface area (Å²) < 4.78 is 10.7. The van der Waals surface area contributed by atoms with Gasteiger partial charge in [-0.25, -0.2) is 4.79 Å². The Morgan fingerprint density at radius 1 is 1.10 bits per heavy atom. The number of carbonyl (C=O) groups excluding carboxylic acids is 1. The van der Waals surface area contributed by atoms with Gasteiger partial charge in [0, 0.05) is 36.5 Å². The van der Waals surface area contributed by atoms with Crippen molar-refractivity contribution in [3.05, 3.63) is 23.8 Å². The molecule has 164 valence electrons. The summed E-state index contributed by atoms with van der Waals surface area (Å²) in [7, 11) is 0. The van der Waals surface area contributed by atoms with E-state index in [0.29, 0.717) is 16.9 Å². The normalized spacial score (nSPS) is 31.3. The molecular formula is C24H35N3O3. The summed E-state index contributed by atoms with van der Waals surface area (Å²) in [6.45, 7) is 12.0. The van der Waals surface area contributed by atoms with Crippen LogP contribution < -0.4 is 15.5 Å². The lowest BCUT2D eigenvalue weighted by molar-refractivity contribution is -0.127. The number of ether oxygens (including phenoxy) is 2. The fraction of sp³-hybridized carbons (Fsp3) is 0.708. The highest BCUT2D eigenvalue weighted by Crippen LogP contribution is 2.56. The summed E-state index contributed by atoms with van der Waals surface area (Å²) in [6.07, 6.45) is 4.24. The van der Waals surface area contributed by atoms with E-state index in [1.54, 1.807) is 0 Å². The summed E-state index contributed by atoms with van der Waals surface area (Å²) >= 11 is 0. The highest BCUT2D eigenvalue weighted by Gasteiger charge is 2.53. The summed E-state index contributed by atoms with van der Waals surface area (Å²) in [5.41, 5.74) is 4.33. The number of hydrogen-bond acceptors (Lipinski definition) is 5. The Morgan fingerprint density at radius 3 is 2.33 bits per heavy atom. The van der Waals surface area contributed by atoms with Crippen LogP contribution in [0.25, 0.3) is 0 Å². The van der Waals surface area contributed by atoms with E-state index in [1.807, 2.05) is 20.8 Å². The molecule has 0 unspecified atom stereocenters. The maximum atomic E-state index is 11.9. The van der Waals surface area contributed by atoms with E-state index in [9.17, 15) is 4.79 Å². The summed E-state index contributed by atoms with van der Waals surface area (Å²) in [5, 5.41) is 6.76. The quantitative estimate of drug-likeness (QED) is 0.779. The third-order valence-corrected chi connectivity index (χ3v) is 7.24. The molecule has 1 aromatic carbocycles. The first-order chi connectivity index (χ1) is 14.1. The Morgan fingerprint density at radius 2 is 1.77 bits per heavy atom. The Bertz CT molecular complexity index is 821. The van der Waals surface area contributed by atoms with Gasteiger partial charge < -0.3 is 25.0 Å².